The molecule has 276 valence electrons. The lowest BCUT2D eigenvalue weighted by Gasteiger charge is -2.48. The number of likely N-dealkylation sites (tertiary alicyclic amines) is 2. The van der Waals surface area contributed by atoms with Gasteiger partial charge in [0.05, 0.1) is 32.5 Å². The van der Waals surface area contributed by atoms with Crippen LogP contribution in [0.2, 0.25) is 10.0 Å². The third-order valence-corrected chi connectivity index (χ3v) is 13.2. The van der Waals surface area contributed by atoms with Crippen LogP contribution in [0.4, 0.5) is 5.82 Å². The normalized spacial score (nSPS) is 21.5. The van der Waals surface area contributed by atoms with E-state index in [0.717, 1.165) is 109 Å². The molecule has 0 radical (unpaired) electrons. The van der Waals surface area contributed by atoms with Crippen molar-refractivity contribution in [3.05, 3.63) is 88.0 Å². The van der Waals surface area contributed by atoms with E-state index < -0.39 is 0 Å². The Morgan fingerprint density at radius 1 is 0.741 bits per heavy atom. The van der Waals surface area contributed by atoms with Crippen LogP contribution in [0.3, 0.4) is 0 Å². The first-order chi connectivity index (χ1) is 26.1. The van der Waals surface area contributed by atoms with E-state index in [-0.39, 0.29) is 22.9 Å². The fraction of sp³-hybridized carbons (Fsp3) is 0.381. The van der Waals surface area contributed by atoms with Gasteiger partial charge in [-0.1, -0.05) is 65.7 Å². The highest BCUT2D eigenvalue weighted by Gasteiger charge is 2.49. The van der Waals surface area contributed by atoms with Crippen LogP contribution in [0.15, 0.2) is 66.9 Å². The fourth-order valence-electron chi connectivity index (χ4n) is 9.82. The van der Waals surface area contributed by atoms with Crippen molar-refractivity contribution in [3.63, 3.8) is 0 Å². The van der Waals surface area contributed by atoms with Crippen LogP contribution >= 0.6 is 23.2 Å². The number of amides is 2. The lowest BCUT2D eigenvalue weighted by atomic mass is 9.87. The molecule has 5 aliphatic rings. The minimum Gasteiger partial charge on any atom is -0.359 e. The summed E-state index contributed by atoms with van der Waals surface area (Å²) in [5.41, 5.74) is 8.33. The summed E-state index contributed by atoms with van der Waals surface area (Å²) in [5, 5.41) is 8.69. The molecule has 2 spiro atoms. The van der Waals surface area contributed by atoms with Gasteiger partial charge < -0.3 is 20.1 Å². The van der Waals surface area contributed by atoms with Gasteiger partial charge in [0, 0.05) is 118 Å². The molecule has 12 heteroatoms. The summed E-state index contributed by atoms with van der Waals surface area (Å²) in [5.74, 6) is 1.70. The number of fused-ring (bicyclic) bond motifs is 2. The monoisotopic (exact) mass is 760 g/mol. The highest BCUT2D eigenvalue weighted by Crippen LogP contribution is 2.44. The summed E-state index contributed by atoms with van der Waals surface area (Å²) >= 11 is 14.5. The molecular formula is C42H42Cl2N8O2. The minimum atomic E-state index is -0.0361. The summed E-state index contributed by atoms with van der Waals surface area (Å²) in [4.78, 5) is 41.0. The van der Waals surface area contributed by atoms with E-state index in [4.69, 9.17) is 33.2 Å². The molecule has 10 nitrogen and oxygen atoms in total. The zero-order chi connectivity index (χ0) is 36.9. The van der Waals surface area contributed by atoms with Gasteiger partial charge in [-0.15, -0.1) is 0 Å². The number of hydrogen-bond donors (Lipinski definition) is 2. The number of halogens is 2. The Kier molecular flexibility index (Phi) is 7.90. The van der Waals surface area contributed by atoms with E-state index in [1.165, 1.54) is 11.1 Å². The first kappa shape index (κ1) is 34.0. The third-order valence-electron chi connectivity index (χ3n) is 12.4. The Morgan fingerprint density at radius 2 is 1.31 bits per heavy atom. The molecule has 2 N–H and O–H groups in total. The number of carbonyl (C=O) groups excluding carboxylic acids is 2. The zero-order valence-electron chi connectivity index (χ0n) is 30.5. The number of carbonyl (C=O) groups is 2. The molecule has 0 aliphatic carbocycles. The molecule has 8 heterocycles. The van der Waals surface area contributed by atoms with Gasteiger partial charge in [0.15, 0.2) is 0 Å². The van der Waals surface area contributed by atoms with Crippen LogP contribution in [0, 0.1) is 0 Å². The molecule has 4 saturated heterocycles. The number of aryl methyl sites for hydroxylation is 1. The smallest absolute Gasteiger partial charge is 0.220 e. The molecular weight excluding hydrogens is 719 g/mol. The van der Waals surface area contributed by atoms with E-state index in [0.29, 0.717) is 28.8 Å². The van der Waals surface area contributed by atoms with Crippen molar-refractivity contribution in [2.75, 3.05) is 51.2 Å². The van der Waals surface area contributed by atoms with Crippen LogP contribution in [0.25, 0.3) is 44.7 Å². The number of nitrogens with one attached hydrogen (secondary N) is 2. The van der Waals surface area contributed by atoms with Gasteiger partial charge in [0.25, 0.3) is 0 Å². The molecule has 54 heavy (non-hydrogen) atoms. The summed E-state index contributed by atoms with van der Waals surface area (Å²) in [6.45, 7) is 6.29. The van der Waals surface area contributed by atoms with Crippen molar-refractivity contribution in [2.45, 2.75) is 49.2 Å². The predicted molar refractivity (Wildman–Crippen MR) is 213 cm³/mol. The molecule has 5 aliphatic heterocycles. The van der Waals surface area contributed by atoms with Crippen molar-refractivity contribution >= 4 is 51.9 Å². The van der Waals surface area contributed by atoms with Gasteiger partial charge >= 0.3 is 0 Å². The number of anilines is 1. The second-order valence-electron chi connectivity index (χ2n) is 16.3. The van der Waals surface area contributed by atoms with Crippen molar-refractivity contribution in [1.82, 2.24) is 35.0 Å². The van der Waals surface area contributed by atoms with E-state index in [9.17, 15) is 9.59 Å². The number of pyridine rings is 2. The first-order valence-electron chi connectivity index (χ1n) is 18.9. The number of likely N-dealkylation sites (N-methyl/N-ethyl adjacent to an activating group) is 1. The molecule has 0 saturated carbocycles. The molecule has 5 aromatic rings. The Bertz CT molecular complexity index is 2380. The molecule has 3 aromatic heterocycles. The Labute approximate surface area is 324 Å². The number of rotatable bonds is 7. The average Bonchev–Trinajstić information content (AvgIpc) is 3.88. The van der Waals surface area contributed by atoms with Gasteiger partial charge in [-0.2, -0.15) is 0 Å². The van der Waals surface area contributed by atoms with Gasteiger partial charge in [-0.25, -0.2) is 9.97 Å². The van der Waals surface area contributed by atoms with E-state index in [2.05, 4.69) is 67.4 Å². The Morgan fingerprint density at radius 3 is 1.93 bits per heavy atom. The molecule has 0 bridgehead atoms. The maximum Gasteiger partial charge on any atom is 0.220 e. The van der Waals surface area contributed by atoms with Crippen molar-refractivity contribution in [3.8, 4) is 33.6 Å². The molecule has 2 amide bonds. The number of hydrogen-bond acceptors (Lipinski definition) is 7. The second-order valence-corrected chi connectivity index (χ2v) is 17.1. The summed E-state index contributed by atoms with van der Waals surface area (Å²) < 4.78 is 2.08. The minimum absolute atomic E-state index is 0.0110. The third kappa shape index (κ3) is 5.60. The lowest BCUT2D eigenvalue weighted by Crippen LogP contribution is -2.67. The lowest BCUT2D eigenvalue weighted by molar-refractivity contribution is -0.121. The van der Waals surface area contributed by atoms with Crippen LogP contribution in [0.5, 0.6) is 0 Å². The standard InChI is InChI=1S/C42H42Cl2N8O2/c1-49-17-25(19-51-21-41(22-51)15-13-35(53)47-41)27-9-11-33(45-39(27)49)31-7-3-5-29(37(31)43)30-6-4-8-32(38(30)44)34-12-10-28-26(18-50(2)40(28)46-34)20-52-23-42(24-52)16-14-36(54)48-42/h3-12,17,26H,13-16,18-24H2,1-2H3,(H,47,53)(H,48,54). The van der Waals surface area contributed by atoms with E-state index in [1.54, 1.807) is 0 Å². The fourth-order valence-corrected chi connectivity index (χ4v) is 10.5. The maximum absolute atomic E-state index is 11.8. The van der Waals surface area contributed by atoms with Crippen LogP contribution in [0.1, 0.15) is 42.7 Å². The van der Waals surface area contributed by atoms with Crippen molar-refractivity contribution in [1.29, 1.82) is 0 Å². The summed E-state index contributed by atoms with van der Waals surface area (Å²) in [7, 11) is 4.14. The number of benzene rings is 2. The molecule has 10 rings (SSSR count). The highest BCUT2D eigenvalue weighted by atomic mass is 35.5. The largest absolute Gasteiger partial charge is 0.359 e. The zero-order valence-corrected chi connectivity index (χ0v) is 32.0. The van der Waals surface area contributed by atoms with Crippen LogP contribution < -0.4 is 15.5 Å². The second kappa shape index (κ2) is 12.5. The van der Waals surface area contributed by atoms with Crippen molar-refractivity contribution < 1.29 is 9.59 Å². The van der Waals surface area contributed by atoms with Gasteiger partial charge in [-0.05, 0) is 36.6 Å². The molecule has 1 atom stereocenters. The highest BCUT2D eigenvalue weighted by molar-refractivity contribution is 6.39. The summed E-state index contributed by atoms with van der Waals surface area (Å²) in [6, 6.07) is 20.6. The molecule has 4 fully saturated rings. The number of nitrogens with zero attached hydrogens (tertiary/aromatic N) is 6. The van der Waals surface area contributed by atoms with Gasteiger partial charge in [-0.3, -0.25) is 19.4 Å². The predicted octanol–water partition coefficient (Wildman–Crippen LogP) is 6.24. The molecule has 1 unspecified atom stereocenters. The first-order valence-corrected chi connectivity index (χ1v) is 19.6. The quantitative estimate of drug-likeness (QED) is 0.203. The average molecular weight is 762 g/mol. The molecule has 2 aromatic carbocycles. The summed E-state index contributed by atoms with van der Waals surface area (Å²) in [6.07, 6.45) is 5.30. The Hall–Kier alpha value is -4.48. The van der Waals surface area contributed by atoms with Crippen LogP contribution in [-0.4, -0.2) is 93.5 Å². The van der Waals surface area contributed by atoms with E-state index in [1.807, 2.05) is 43.4 Å². The number of aromatic nitrogens is 3. The topological polar surface area (TPSA) is 98.6 Å². The van der Waals surface area contributed by atoms with E-state index >= 15 is 0 Å². The van der Waals surface area contributed by atoms with Gasteiger partial charge in [0.2, 0.25) is 11.8 Å². The van der Waals surface area contributed by atoms with Gasteiger partial charge in [0.1, 0.15) is 11.5 Å². The SMILES string of the molecule is CN1CC(CN2CC3(CCC(=O)N3)C2)c2ccc(-c3cccc(-c4cccc(-c5ccc6c(CN7CC8(CCC(=O)N8)C7)cn(C)c6n5)c4Cl)c3Cl)nc21. The van der Waals surface area contributed by atoms with Crippen LogP contribution in [-0.2, 0) is 23.2 Å². The Balaban J connectivity index is 0.889. The van der Waals surface area contributed by atoms with Crippen molar-refractivity contribution in [2.24, 2.45) is 7.05 Å². The maximum atomic E-state index is 11.8.